The van der Waals surface area contributed by atoms with E-state index < -0.39 is 17.8 Å². The fourth-order valence-corrected chi connectivity index (χ4v) is 1.61. The summed E-state index contributed by atoms with van der Waals surface area (Å²) in [6, 6.07) is 3.87. The SMILES string of the molecule is CC(C)CC(O)CNC(=O)c1ccc(N)c(F)c1. The molecule has 0 saturated heterocycles. The van der Waals surface area contributed by atoms with Crippen LogP contribution in [0.3, 0.4) is 0 Å². The van der Waals surface area contributed by atoms with Gasteiger partial charge in [0.05, 0.1) is 11.8 Å². The van der Waals surface area contributed by atoms with Crippen LogP contribution in [0.1, 0.15) is 30.6 Å². The van der Waals surface area contributed by atoms with Gasteiger partial charge in [-0.05, 0) is 30.5 Å². The number of rotatable bonds is 5. The number of amides is 1. The molecule has 0 heterocycles. The smallest absolute Gasteiger partial charge is 0.251 e. The Morgan fingerprint density at radius 3 is 2.72 bits per heavy atom. The van der Waals surface area contributed by atoms with E-state index in [1.165, 1.54) is 12.1 Å². The third-order valence-electron chi connectivity index (χ3n) is 2.50. The monoisotopic (exact) mass is 254 g/mol. The predicted molar refractivity (Wildman–Crippen MR) is 68.6 cm³/mol. The summed E-state index contributed by atoms with van der Waals surface area (Å²) in [4.78, 5) is 11.7. The number of aliphatic hydroxyl groups excluding tert-OH is 1. The number of nitrogen functional groups attached to an aromatic ring is 1. The second kappa shape index (κ2) is 6.35. The highest BCUT2D eigenvalue weighted by atomic mass is 19.1. The molecule has 1 amide bonds. The van der Waals surface area contributed by atoms with Crippen LogP contribution < -0.4 is 11.1 Å². The Kier molecular flexibility index (Phi) is 5.09. The van der Waals surface area contributed by atoms with Crippen molar-refractivity contribution in [3.8, 4) is 0 Å². The van der Waals surface area contributed by atoms with E-state index in [9.17, 15) is 14.3 Å². The van der Waals surface area contributed by atoms with Crippen molar-refractivity contribution < 1.29 is 14.3 Å². The lowest BCUT2D eigenvalue weighted by molar-refractivity contribution is 0.0900. The normalized spacial score (nSPS) is 12.5. The van der Waals surface area contributed by atoms with Gasteiger partial charge in [0.2, 0.25) is 0 Å². The number of carbonyl (C=O) groups excluding carboxylic acids is 1. The molecule has 0 aliphatic heterocycles. The van der Waals surface area contributed by atoms with Crippen molar-refractivity contribution >= 4 is 11.6 Å². The third-order valence-corrected chi connectivity index (χ3v) is 2.50. The van der Waals surface area contributed by atoms with Gasteiger partial charge in [-0.25, -0.2) is 4.39 Å². The number of anilines is 1. The number of aliphatic hydroxyl groups is 1. The molecule has 0 saturated carbocycles. The average Bonchev–Trinajstić information content (AvgIpc) is 2.28. The van der Waals surface area contributed by atoms with E-state index in [4.69, 9.17) is 5.73 Å². The summed E-state index contributed by atoms with van der Waals surface area (Å²) < 4.78 is 13.2. The minimum absolute atomic E-state index is 0.00592. The summed E-state index contributed by atoms with van der Waals surface area (Å²) in [6.45, 7) is 4.13. The first-order valence-corrected chi connectivity index (χ1v) is 5.91. The van der Waals surface area contributed by atoms with Gasteiger partial charge in [-0.1, -0.05) is 13.8 Å². The van der Waals surface area contributed by atoms with Crippen molar-refractivity contribution in [2.24, 2.45) is 5.92 Å². The zero-order chi connectivity index (χ0) is 13.7. The standard InChI is InChI=1S/C13H19FN2O2/c1-8(2)5-10(17)7-16-13(18)9-3-4-12(15)11(14)6-9/h3-4,6,8,10,17H,5,7,15H2,1-2H3,(H,16,18). The van der Waals surface area contributed by atoms with Crippen molar-refractivity contribution in [3.63, 3.8) is 0 Å². The van der Waals surface area contributed by atoms with Gasteiger partial charge in [0.1, 0.15) is 5.82 Å². The maximum atomic E-state index is 13.2. The quantitative estimate of drug-likeness (QED) is 0.698. The van der Waals surface area contributed by atoms with Crippen molar-refractivity contribution in [2.45, 2.75) is 26.4 Å². The first kappa shape index (κ1) is 14.4. The summed E-state index contributed by atoms with van der Waals surface area (Å²) in [7, 11) is 0. The summed E-state index contributed by atoms with van der Waals surface area (Å²) in [6.07, 6.45) is 0.0173. The average molecular weight is 254 g/mol. The van der Waals surface area contributed by atoms with Crippen molar-refractivity contribution in [3.05, 3.63) is 29.6 Å². The van der Waals surface area contributed by atoms with E-state index in [1.54, 1.807) is 0 Å². The number of benzene rings is 1. The lowest BCUT2D eigenvalue weighted by atomic mass is 10.1. The number of hydrogen-bond acceptors (Lipinski definition) is 3. The molecule has 4 N–H and O–H groups in total. The van der Waals surface area contributed by atoms with Crippen molar-refractivity contribution in [1.82, 2.24) is 5.32 Å². The Bertz CT molecular complexity index is 421. The molecule has 18 heavy (non-hydrogen) atoms. The van der Waals surface area contributed by atoms with Gasteiger partial charge in [0.25, 0.3) is 5.91 Å². The molecule has 0 radical (unpaired) electrons. The zero-order valence-corrected chi connectivity index (χ0v) is 10.6. The van der Waals surface area contributed by atoms with E-state index >= 15 is 0 Å². The maximum absolute atomic E-state index is 13.2. The molecular weight excluding hydrogens is 235 g/mol. The highest BCUT2D eigenvalue weighted by molar-refractivity contribution is 5.94. The fourth-order valence-electron chi connectivity index (χ4n) is 1.61. The molecular formula is C13H19FN2O2. The molecule has 5 heteroatoms. The lowest BCUT2D eigenvalue weighted by Gasteiger charge is -2.13. The molecule has 0 aromatic heterocycles. The van der Waals surface area contributed by atoms with Gasteiger partial charge in [-0.2, -0.15) is 0 Å². The number of halogens is 1. The van der Waals surface area contributed by atoms with E-state index in [-0.39, 0.29) is 17.8 Å². The van der Waals surface area contributed by atoms with E-state index in [0.29, 0.717) is 12.3 Å². The largest absolute Gasteiger partial charge is 0.396 e. The third kappa shape index (κ3) is 4.33. The molecule has 1 aromatic rings. The second-order valence-corrected chi connectivity index (χ2v) is 4.73. The van der Waals surface area contributed by atoms with Crippen LogP contribution in [0.15, 0.2) is 18.2 Å². The van der Waals surface area contributed by atoms with Gasteiger partial charge < -0.3 is 16.2 Å². The van der Waals surface area contributed by atoms with Crippen LogP contribution in [0.25, 0.3) is 0 Å². The Balaban J connectivity index is 2.52. The fraction of sp³-hybridized carbons (Fsp3) is 0.462. The van der Waals surface area contributed by atoms with Crippen LogP contribution >= 0.6 is 0 Å². The molecule has 1 unspecified atom stereocenters. The van der Waals surface area contributed by atoms with E-state index in [1.807, 2.05) is 13.8 Å². The minimum atomic E-state index is -0.620. The Hall–Kier alpha value is -1.62. The number of hydrogen-bond donors (Lipinski definition) is 3. The van der Waals surface area contributed by atoms with Gasteiger partial charge in [-0.15, -0.1) is 0 Å². The number of nitrogens with two attached hydrogens (primary N) is 1. The molecule has 1 atom stereocenters. The Labute approximate surface area is 106 Å². The molecule has 0 bridgehead atoms. The predicted octanol–water partition coefficient (Wildman–Crippen LogP) is 1.54. The highest BCUT2D eigenvalue weighted by Crippen LogP contribution is 2.12. The van der Waals surface area contributed by atoms with Gasteiger partial charge in [0.15, 0.2) is 0 Å². The van der Waals surface area contributed by atoms with Crippen LogP contribution in [-0.2, 0) is 0 Å². The molecule has 0 aliphatic rings. The van der Waals surface area contributed by atoms with Gasteiger partial charge in [0, 0.05) is 12.1 Å². The highest BCUT2D eigenvalue weighted by Gasteiger charge is 2.11. The Morgan fingerprint density at radius 1 is 1.50 bits per heavy atom. The van der Waals surface area contributed by atoms with Crippen LogP contribution in [0, 0.1) is 11.7 Å². The molecule has 0 spiro atoms. The minimum Gasteiger partial charge on any atom is -0.396 e. The zero-order valence-electron chi connectivity index (χ0n) is 10.6. The van der Waals surface area contributed by atoms with Crippen LogP contribution in [0.4, 0.5) is 10.1 Å². The van der Waals surface area contributed by atoms with Gasteiger partial charge >= 0.3 is 0 Å². The first-order valence-electron chi connectivity index (χ1n) is 5.91. The summed E-state index contributed by atoms with van der Waals surface area (Å²) >= 11 is 0. The van der Waals surface area contributed by atoms with E-state index in [0.717, 1.165) is 6.07 Å². The van der Waals surface area contributed by atoms with Crippen molar-refractivity contribution in [1.29, 1.82) is 0 Å². The molecule has 100 valence electrons. The second-order valence-electron chi connectivity index (χ2n) is 4.73. The lowest BCUT2D eigenvalue weighted by Crippen LogP contribution is -2.32. The molecule has 1 rings (SSSR count). The molecule has 1 aromatic carbocycles. The van der Waals surface area contributed by atoms with Crippen LogP contribution in [0.5, 0.6) is 0 Å². The summed E-state index contributed by atoms with van der Waals surface area (Å²) in [5.41, 5.74) is 5.52. The molecule has 0 aliphatic carbocycles. The summed E-state index contributed by atoms with van der Waals surface area (Å²) in [5, 5.41) is 12.2. The number of nitrogens with one attached hydrogen (secondary N) is 1. The number of carbonyl (C=O) groups is 1. The van der Waals surface area contributed by atoms with Crippen LogP contribution in [-0.4, -0.2) is 23.7 Å². The topological polar surface area (TPSA) is 75.3 Å². The van der Waals surface area contributed by atoms with Crippen molar-refractivity contribution in [2.75, 3.05) is 12.3 Å². The maximum Gasteiger partial charge on any atom is 0.251 e. The van der Waals surface area contributed by atoms with E-state index in [2.05, 4.69) is 5.32 Å². The Morgan fingerprint density at radius 2 is 2.17 bits per heavy atom. The molecule has 4 nitrogen and oxygen atoms in total. The summed E-state index contributed by atoms with van der Waals surface area (Å²) in [5.74, 6) is -0.687. The van der Waals surface area contributed by atoms with Crippen LogP contribution in [0.2, 0.25) is 0 Å². The molecule has 0 fully saturated rings. The van der Waals surface area contributed by atoms with Gasteiger partial charge in [-0.3, -0.25) is 4.79 Å². The first-order chi connectivity index (χ1) is 8.40.